The van der Waals surface area contributed by atoms with E-state index in [4.69, 9.17) is 9.47 Å². The number of likely N-dealkylation sites (tertiary alicyclic amines) is 1. The van der Waals surface area contributed by atoms with Crippen molar-refractivity contribution < 1.29 is 23.0 Å². The molecular weight excluding hydrogens is 368 g/mol. The van der Waals surface area contributed by atoms with Crippen LogP contribution >= 0.6 is 0 Å². The third-order valence-corrected chi connectivity index (χ3v) is 4.46. The molecule has 28 heavy (non-hydrogen) atoms. The summed E-state index contributed by atoms with van der Waals surface area (Å²) in [6.07, 6.45) is 3.10. The number of aliphatic imine (C=N–C) groups is 1. The molecule has 1 heterocycles. The van der Waals surface area contributed by atoms with Gasteiger partial charge in [0.1, 0.15) is 5.75 Å². The van der Waals surface area contributed by atoms with E-state index < -0.39 is 6.61 Å². The van der Waals surface area contributed by atoms with Gasteiger partial charge in [-0.15, -0.1) is 0 Å². The van der Waals surface area contributed by atoms with Crippen LogP contribution in [0, 0.1) is 0 Å². The molecule has 1 saturated heterocycles. The Morgan fingerprint density at radius 3 is 2.75 bits per heavy atom. The summed E-state index contributed by atoms with van der Waals surface area (Å²) in [5.74, 6) is 0.986. The van der Waals surface area contributed by atoms with Gasteiger partial charge in [-0.05, 0) is 43.9 Å². The molecule has 0 aliphatic carbocycles. The van der Waals surface area contributed by atoms with Crippen molar-refractivity contribution >= 4 is 5.96 Å². The summed E-state index contributed by atoms with van der Waals surface area (Å²) >= 11 is 0. The SMILES string of the molecule is CCNC(=NCc1cccc(OC(F)F)c1)N1CCC(OCCCOC)CC1. The van der Waals surface area contributed by atoms with Crippen molar-refractivity contribution in [1.29, 1.82) is 0 Å². The molecule has 1 fully saturated rings. The molecule has 0 radical (unpaired) electrons. The summed E-state index contributed by atoms with van der Waals surface area (Å²) < 4.78 is 40.1. The van der Waals surface area contributed by atoms with Gasteiger partial charge in [-0.25, -0.2) is 4.99 Å². The largest absolute Gasteiger partial charge is 0.435 e. The lowest BCUT2D eigenvalue weighted by atomic mass is 10.1. The highest BCUT2D eigenvalue weighted by atomic mass is 19.3. The molecule has 2 rings (SSSR count). The Kier molecular flexibility index (Phi) is 9.99. The van der Waals surface area contributed by atoms with Crippen molar-refractivity contribution in [2.45, 2.75) is 45.4 Å². The zero-order chi connectivity index (χ0) is 20.2. The molecule has 6 nitrogen and oxygen atoms in total. The first-order valence-corrected chi connectivity index (χ1v) is 9.80. The van der Waals surface area contributed by atoms with Gasteiger partial charge in [-0.1, -0.05) is 12.1 Å². The summed E-state index contributed by atoms with van der Waals surface area (Å²) in [6.45, 7) is 3.55. The Morgan fingerprint density at radius 2 is 2.07 bits per heavy atom. The van der Waals surface area contributed by atoms with E-state index in [0.29, 0.717) is 6.54 Å². The number of nitrogens with one attached hydrogen (secondary N) is 1. The smallest absolute Gasteiger partial charge is 0.387 e. The molecule has 8 heteroatoms. The van der Waals surface area contributed by atoms with Crippen LogP contribution < -0.4 is 10.1 Å². The average molecular weight is 399 g/mol. The summed E-state index contributed by atoms with van der Waals surface area (Å²) in [5.41, 5.74) is 0.824. The maximum absolute atomic E-state index is 12.4. The molecule has 0 amide bonds. The van der Waals surface area contributed by atoms with Crippen molar-refractivity contribution in [1.82, 2.24) is 10.2 Å². The van der Waals surface area contributed by atoms with Crippen LogP contribution in [0.15, 0.2) is 29.3 Å². The number of alkyl halides is 2. The fourth-order valence-electron chi connectivity index (χ4n) is 3.10. The summed E-state index contributed by atoms with van der Waals surface area (Å²) in [6, 6.07) is 6.66. The van der Waals surface area contributed by atoms with Gasteiger partial charge in [0.05, 0.1) is 12.6 Å². The third-order valence-electron chi connectivity index (χ3n) is 4.46. The Balaban J connectivity index is 1.87. The second kappa shape index (κ2) is 12.5. The minimum Gasteiger partial charge on any atom is -0.435 e. The normalized spacial score (nSPS) is 15.9. The predicted octanol–water partition coefficient (Wildman–Crippen LogP) is 3.27. The van der Waals surface area contributed by atoms with Crippen LogP contribution in [0.3, 0.4) is 0 Å². The van der Waals surface area contributed by atoms with Crippen LogP contribution in [0.1, 0.15) is 31.7 Å². The quantitative estimate of drug-likeness (QED) is 0.372. The number of rotatable bonds is 10. The summed E-state index contributed by atoms with van der Waals surface area (Å²) in [4.78, 5) is 6.89. The van der Waals surface area contributed by atoms with Crippen molar-refractivity contribution in [2.75, 3.05) is 40.0 Å². The molecule has 1 aliphatic rings. The lowest BCUT2D eigenvalue weighted by Crippen LogP contribution is -2.47. The molecule has 1 aromatic carbocycles. The molecule has 1 aromatic rings. The Labute approximate surface area is 165 Å². The van der Waals surface area contributed by atoms with Crippen molar-refractivity contribution in [2.24, 2.45) is 4.99 Å². The molecule has 0 unspecified atom stereocenters. The van der Waals surface area contributed by atoms with Crippen LogP contribution in [0.5, 0.6) is 5.75 Å². The number of hydrogen-bond acceptors (Lipinski definition) is 4. The number of ether oxygens (including phenoxy) is 3. The second-order valence-corrected chi connectivity index (χ2v) is 6.60. The van der Waals surface area contributed by atoms with Gasteiger partial charge in [0.2, 0.25) is 0 Å². The monoisotopic (exact) mass is 399 g/mol. The molecule has 0 spiro atoms. The van der Waals surface area contributed by atoms with Crippen LogP contribution in [-0.2, 0) is 16.0 Å². The minimum atomic E-state index is -2.82. The van der Waals surface area contributed by atoms with Crippen LogP contribution in [0.25, 0.3) is 0 Å². The minimum absolute atomic E-state index is 0.152. The highest BCUT2D eigenvalue weighted by Gasteiger charge is 2.21. The number of piperidine rings is 1. The molecule has 0 aromatic heterocycles. The van der Waals surface area contributed by atoms with Gasteiger partial charge in [0, 0.05) is 40.0 Å². The van der Waals surface area contributed by atoms with E-state index in [-0.39, 0.29) is 11.9 Å². The van der Waals surface area contributed by atoms with E-state index in [1.807, 2.05) is 13.0 Å². The second-order valence-electron chi connectivity index (χ2n) is 6.60. The molecule has 0 bridgehead atoms. The highest BCUT2D eigenvalue weighted by Crippen LogP contribution is 2.18. The van der Waals surface area contributed by atoms with Crippen LogP contribution in [0.4, 0.5) is 8.78 Å². The highest BCUT2D eigenvalue weighted by molar-refractivity contribution is 5.80. The van der Waals surface area contributed by atoms with Crippen LogP contribution in [0.2, 0.25) is 0 Å². The number of methoxy groups -OCH3 is 1. The average Bonchev–Trinajstić information content (AvgIpc) is 2.69. The maximum Gasteiger partial charge on any atom is 0.387 e. The molecule has 0 atom stereocenters. The van der Waals surface area contributed by atoms with E-state index in [1.165, 1.54) is 6.07 Å². The molecular formula is C20H31F2N3O3. The van der Waals surface area contributed by atoms with Crippen LogP contribution in [-0.4, -0.2) is 63.5 Å². The van der Waals surface area contributed by atoms with E-state index in [1.54, 1.807) is 19.2 Å². The molecule has 1 aliphatic heterocycles. The van der Waals surface area contributed by atoms with Crippen molar-refractivity contribution in [3.63, 3.8) is 0 Å². The lowest BCUT2D eigenvalue weighted by molar-refractivity contribution is -0.0498. The zero-order valence-corrected chi connectivity index (χ0v) is 16.7. The van der Waals surface area contributed by atoms with E-state index in [2.05, 4.69) is 19.9 Å². The van der Waals surface area contributed by atoms with Gasteiger partial charge in [0.25, 0.3) is 0 Å². The topological polar surface area (TPSA) is 55.3 Å². The first-order chi connectivity index (χ1) is 13.6. The zero-order valence-electron chi connectivity index (χ0n) is 16.7. The van der Waals surface area contributed by atoms with Gasteiger partial charge >= 0.3 is 6.61 Å². The fourth-order valence-corrected chi connectivity index (χ4v) is 3.10. The number of benzene rings is 1. The van der Waals surface area contributed by atoms with Gasteiger partial charge < -0.3 is 24.4 Å². The Bertz CT molecular complexity index is 594. The van der Waals surface area contributed by atoms with E-state index in [9.17, 15) is 8.78 Å². The number of hydrogen-bond donors (Lipinski definition) is 1. The summed E-state index contributed by atoms with van der Waals surface area (Å²) in [7, 11) is 1.70. The lowest BCUT2D eigenvalue weighted by Gasteiger charge is -2.34. The van der Waals surface area contributed by atoms with Gasteiger partial charge in [-0.3, -0.25) is 0 Å². The van der Waals surface area contributed by atoms with Crippen molar-refractivity contribution in [3.05, 3.63) is 29.8 Å². The number of nitrogens with zero attached hydrogens (tertiary/aromatic N) is 2. The fraction of sp³-hybridized carbons (Fsp3) is 0.650. The number of guanidine groups is 1. The standard InChI is InChI=1S/C20H31F2N3O3/c1-3-23-20(24-15-16-6-4-7-18(14-16)28-19(21)22)25-10-8-17(9-11-25)27-13-5-12-26-2/h4,6-7,14,17,19H,3,5,8-13,15H2,1-2H3,(H,23,24). The predicted molar refractivity (Wildman–Crippen MR) is 105 cm³/mol. The number of halogens is 2. The van der Waals surface area contributed by atoms with Gasteiger partial charge in [-0.2, -0.15) is 8.78 Å². The van der Waals surface area contributed by atoms with E-state index in [0.717, 1.165) is 63.6 Å². The Morgan fingerprint density at radius 1 is 1.29 bits per heavy atom. The van der Waals surface area contributed by atoms with Gasteiger partial charge in [0.15, 0.2) is 5.96 Å². The first-order valence-electron chi connectivity index (χ1n) is 9.80. The third kappa shape index (κ3) is 7.98. The summed E-state index contributed by atoms with van der Waals surface area (Å²) in [5, 5.41) is 3.31. The maximum atomic E-state index is 12.4. The van der Waals surface area contributed by atoms with Crippen molar-refractivity contribution in [3.8, 4) is 5.75 Å². The Hall–Kier alpha value is -1.93. The van der Waals surface area contributed by atoms with E-state index >= 15 is 0 Å². The molecule has 158 valence electrons. The molecule has 1 N–H and O–H groups in total. The molecule has 0 saturated carbocycles. The first kappa shape index (κ1) is 22.4.